The molecule has 9 heteroatoms. The largest absolute Gasteiger partial charge is 0.477 e. The third-order valence-corrected chi connectivity index (χ3v) is 12.1. The summed E-state index contributed by atoms with van der Waals surface area (Å²) in [6.07, 6.45) is 69.3. The van der Waals surface area contributed by atoms with E-state index in [-0.39, 0.29) is 32.2 Å². The monoisotopic (exact) mass is 1010 g/mol. The van der Waals surface area contributed by atoms with Crippen LogP contribution in [0.1, 0.15) is 226 Å². The molecule has 0 spiro atoms. The molecule has 412 valence electrons. The molecule has 0 aliphatic heterocycles. The van der Waals surface area contributed by atoms with Crippen molar-refractivity contribution in [1.29, 1.82) is 0 Å². The van der Waals surface area contributed by atoms with Crippen LogP contribution in [-0.2, 0) is 33.3 Å². The molecule has 0 aromatic carbocycles. The van der Waals surface area contributed by atoms with Gasteiger partial charge >= 0.3 is 17.9 Å². The average Bonchev–Trinajstić information content (AvgIpc) is 3.35. The first-order chi connectivity index (χ1) is 35.1. The van der Waals surface area contributed by atoms with Crippen molar-refractivity contribution >= 4 is 17.9 Å². The normalized spacial score (nSPS) is 13.5. The molecule has 0 heterocycles. The Hall–Kier alpha value is -3.79. The zero-order valence-corrected chi connectivity index (χ0v) is 46.8. The number of hydrogen-bond donors (Lipinski definition) is 1. The predicted octanol–water partition coefficient (Wildman–Crippen LogP) is 17.0. The molecule has 1 N–H and O–H groups in total. The highest BCUT2D eigenvalue weighted by atomic mass is 16.7. The Balaban J connectivity index is 4.08. The lowest BCUT2D eigenvalue weighted by Gasteiger charge is -2.25. The summed E-state index contributed by atoms with van der Waals surface area (Å²) in [5.74, 6) is -2.01. The molecule has 0 aromatic heterocycles. The Morgan fingerprint density at radius 3 is 1.18 bits per heavy atom. The number of quaternary nitrogens is 1. The summed E-state index contributed by atoms with van der Waals surface area (Å²) in [7, 11) is 5.96. The Labute approximate surface area is 442 Å². The van der Waals surface area contributed by atoms with Crippen molar-refractivity contribution in [3.63, 3.8) is 0 Å². The van der Waals surface area contributed by atoms with Crippen LogP contribution in [0.25, 0.3) is 0 Å². The van der Waals surface area contributed by atoms with Crippen LogP contribution in [0.3, 0.4) is 0 Å². The van der Waals surface area contributed by atoms with Crippen molar-refractivity contribution in [2.24, 2.45) is 0 Å². The van der Waals surface area contributed by atoms with E-state index in [1.807, 2.05) is 21.1 Å². The van der Waals surface area contributed by atoms with Gasteiger partial charge in [0, 0.05) is 12.8 Å². The summed E-state index contributed by atoms with van der Waals surface area (Å²) in [5.41, 5.74) is 0. The van der Waals surface area contributed by atoms with E-state index in [4.69, 9.17) is 18.9 Å². The fraction of sp³-hybridized carbons (Fsp3) is 0.698. The van der Waals surface area contributed by atoms with E-state index in [2.05, 4.69) is 111 Å². The summed E-state index contributed by atoms with van der Waals surface area (Å²) in [4.78, 5) is 37.2. The van der Waals surface area contributed by atoms with E-state index in [0.717, 1.165) is 89.9 Å². The molecule has 0 saturated heterocycles. The SMILES string of the molecule is CC/C=C\C/C=C\C/C=C\C/C=C\C/C=C\C/C=C\C/C=C\C/C=C\CCCCCCCCCCCCCCC(=O)OC(COC(=O)CCCCCCCCCCCC)COC(OCC[N+](C)(C)C)C(=O)O. The first-order valence-electron chi connectivity index (χ1n) is 28.9. The number of likely N-dealkylation sites (N-methyl/N-ethyl adjacent to an activating group) is 1. The molecular formula is C63H108NO8+. The van der Waals surface area contributed by atoms with Crippen molar-refractivity contribution in [1.82, 2.24) is 0 Å². The highest BCUT2D eigenvalue weighted by Gasteiger charge is 2.25. The number of esters is 2. The molecule has 0 fully saturated rings. The first kappa shape index (κ1) is 68.2. The second kappa shape index (κ2) is 53.5. The minimum absolute atomic E-state index is 0.184. The van der Waals surface area contributed by atoms with Gasteiger partial charge in [0.1, 0.15) is 13.2 Å². The number of carboxylic acid groups (broad SMARTS) is 1. The minimum Gasteiger partial charge on any atom is -0.477 e. The number of aliphatic carboxylic acids is 1. The maximum atomic E-state index is 12.8. The maximum Gasteiger partial charge on any atom is 0.361 e. The van der Waals surface area contributed by atoms with Gasteiger partial charge in [-0.3, -0.25) is 9.59 Å². The Morgan fingerprint density at radius 2 is 0.792 bits per heavy atom. The highest BCUT2D eigenvalue weighted by Crippen LogP contribution is 2.15. The van der Waals surface area contributed by atoms with E-state index in [1.165, 1.54) is 103 Å². The van der Waals surface area contributed by atoms with Crippen LogP contribution in [-0.4, -0.2) is 87.4 Å². The summed E-state index contributed by atoms with van der Waals surface area (Å²) in [6, 6.07) is 0. The van der Waals surface area contributed by atoms with E-state index in [1.54, 1.807) is 0 Å². The van der Waals surface area contributed by atoms with E-state index >= 15 is 0 Å². The van der Waals surface area contributed by atoms with E-state index in [0.29, 0.717) is 23.9 Å². The van der Waals surface area contributed by atoms with Crippen molar-refractivity contribution in [2.75, 3.05) is 47.5 Å². The quantitative estimate of drug-likeness (QED) is 0.0211. The van der Waals surface area contributed by atoms with Gasteiger partial charge in [-0.2, -0.15) is 0 Å². The number of rotatable bonds is 52. The van der Waals surface area contributed by atoms with Gasteiger partial charge in [-0.05, 0) is 77.0 Å². The zero-order valence-electron chi connectivity index (χ0n) is 46.8. The second-order valence-corrected chi connectivity index (χ2v) is 20.2. The molecule has 0 rings (SSSR count). The molecule has 0 amide bonds. The van der Waals surface area contributed by atoms with Gasteiger partial charge in [0.2, 0.25) is 0 Å². The molecule has 0 bridgehead atoms. The Kier molecular flexibility index (Phi) is 50.7. The van der Waals surface area contributed by atoms with Crippen LogP contribution in [0.5, 0.6) is 0 Å². The molecule has 9 nitrogen and oxygen atoms in total. The summed E-state index contributed by atoms with van der Waals surface area (Å²) in [6.45, 7) is 4.74. The summed E-state index contributed by atoms with van der Waals surface area (Å²) >= 11 is 0. The predicted molar refractivity (Wildman–Crippen MR) is 304 cm³/mol. The lowest BCUT2D eigenvalue weighted by molar-refractivity contribution is -0.870. The van der Waals surface area contributed by atoms with Crippen LogP contribution in [0, 0.1) is 0 Å². The lowest BCUT2D eigenvalue weighted by atomic mass is 10.0. The summed E-state index contributed by atoms with van der Waals surface area (Å²) in [5, 5.41) is 9.67. The maximum absolute atomic E-state index is 12.8. The highest BCUT2D eigenvalue weighted by molar-refractivity contribution is 5.71. The fourth-order valence-electron chi connectivity index (χ4n) is 7.68. The van der Waals surface area contributed by atoms with Crippen molar-refractivity contribution in [2.45, 2.75) is 238 Å². The number of carbonyl (C=O) groups excluding carboxylic acids is 2. The number of ether oxygens (including phenoxy) is 4. The number of carbonyl (C=O) groups is 3. The molecule has 72 heavy (non-hydrogen) atoms. The second-order valence-electron chi connectivity index (χ2n) is 20.2. The number of unbranched alkanes of at least 4 members (excludes halogenated alkanes) is 21. The number of carboxylic acids is 1. The molecule has 0 aliphatic rings. The topological polar surface area (TPSA) is 108 Å². The Bertz CT molecular complexity index is 1500. The minimum atomic E-state index is -1.51. The molecule has 2 atom stereocenters. The number of nitrogens with zero attached hydrogens (tertiary/aromatic N) is 1. The third-order valence-electron chi connectivity index (χ3n) is 12.1. The van der Waals surface area contributed by atoms with Gasteiger partial charge in [-0.25, -0.2) is 4.79 Å². The molecule has 0 aliphatic carbocycles. The van der Waals surface area contributed by atoms with Crippen LogP contribution in [0.2, 0.25) is 0 Å². The summed E-state index contributed by atoms with van der Waals surface area (Å²) < 4.78 is 22.8. The average molecular weight is 1010 g/mol. The number of allylic oxidation sites excluding steroid dienone is 16. The van der Waals surface area contributed by atoms with Gasteiger partial charge < -0.3 is 28.5 Å². The molecule has 0 radical (unpaired) electrons. The zero-order chi connectivity index (χ0) is 52.7. The lowest BCUT2D eigenvalue weighted by Crippen LogP contribution is -2.40. The van der Waals surface area contributed by atoms with Gasteiger partial charge in [-0.1, -0.05) is 233 Å². The van der Waals surface area contributed by atoms with Crippen molar-refractivity contribution in [3.8, 4) is 0 Å². The molecule has 2 unspecified atom stereocenters. The smallest absolute Gasteiger partial charge is 0.361 e. The van der Waals surface area contributed by atoms with Crippen LogP contribution in [0.4, 0.5) is 0 Å². The van der Waals surface area contributed by atoms with Crippen LogP contribution >= 0.6 is 0 Å². The van der Waals surface area contributed by atoms with Crippen LogP contribution < -0.4 is 0 Å². The van der Waals surface area contributed by atoms with Crippen molar-refractivity contribution in [3.05, 3.63) is 97.2 Å². The third kappa shape index (κ3) is 54.0. The van der Waals surface area contributed by atoms with Gasteiger partial charge in [0.25, 0.3) is 6.29 Å². The molecule has 0 aromatic rings. The van der Waals surface area contributed by atoms with Crippen LogP contribution in [0.15, 0.2) is 97.2 Å². The van der Waals surface area contributed by atoms with E-state index < -0.39 is 24.3 Å². The van der Waals surface area contributed by atoms with Gasteiger partial charge in [0.05, 0.1) is 34.4 Å². The standard InChI is InChI=1S/C63H107NO8/c1-6-8-10-12-14-16-18-19-20-21-22-23-24-25-26-27-28-29-30-31-32-33-34-35-36-37-38-39-40-41-42-43-44-46-48-50-52-54-61(66)72-59(58-71-63(62(67)68)69-56-55-64(3,4)5)57-70-60(65)53-51-49-47-45-17-15-13-11-9-7-2/h8,10,14,16,19-20,22-23,25-26,28-29,31-32,34-35,59,63H,6-7,9,11-13,15,17-18,21,24,27,30,33,36-58H2,1-5H3/p+1/b10-8-,16-14-,20-19-,23-22-,26-25-,29-28-,32-31-,35-34-. The fourth-order valence-corrected chi connectivity index (χ4v) is 7.68. The Morgan fingerprint density at radius 1 is 0.431 bits per heavy atom. The van der Waals surface area contributed by atoms with Gasteiger partial charge in [-0.15, -0.1) is 0 Å². The molecular weight excluding hydrogens is 899 g/mol. The number of hydrogen-bond acceptors (Lipinski definition) is 7. The van der Waals surface area contributed by atoms with Gasteiger partial charge in [0.15, 0.2) is 6.10 Å². The first-order valence-corrected chi connectivity index (χ1v) is 28.9. The van der Waals surface area contributed by atoms with E-state index in [9.17, 15) is 19.5 Å². The van der Waals surface area contributed by atoms with Crippen molar-refractivity contribution < 1.29 is 42.9 Å². The molecule has 0 saturated carbocycles.